The lowest BCUT2D eigenvalue weighted by molar-refractivity contribution is 0.0644. The maximum Gasteiger partial charge on any atom is 0.264 e. The molecular formula is C12H16ClNO2S. The van der Waals surface area contributed by atoms with Gasteiger partial charge in [-0.05, 0) is 19.3 Å². The van der Waals surface area contributed by atoms with Crippen molar-refractivity contribution >= 4 is 28.8 Å². The second-order valence-corrected chi connectivity index (χ2v) is 5.37. The number of nitrogens with zero attached hydrogens (tertiary/aromatic N) is 1. The maximum absolute atomic E-state index is 12.3. The van der Waals surface area contributed by atoms with Gasteiger partial charge in [-0.15, -0.1) is 22.9 Å². The Morgan fingerprint density at radius 2 is 2.47 bits per heavy atom. The number of hydrogen-bond acceptors (Lipinski definition) is 3. The summed E-state index contributed by atoms with van der Waals surface area (Å²) in [4.78, 5) is 15.0. The van der Waals surface area contributed by atoms with E-state index in [0.29, 0.717) is 5.88 Å². The van der Waals surface area contributed by atoms with Crippen LogP contribution in [0.4, 0.5) is 0 Å². The predicted molar refractivity (Wildman–Crippen MR) is 70.3 cm³/mol. The van der Waals surface area contributed by atoms with Gasteiger partial charge in [-0.1, -0.05) is 0 Å². The molecule has 0 aliphatic carbocycles. The Hall–Kier alpha value is -0.740. The average molecular weight is 274 g/mol. The number of piperidine rings is 1. The quantitative estimate of drug-likeness (QED) is 0.793. The van der Waals surface area contributed by atoms with E-state index in [2.05, 4.69) is 0 Å². The summed E-state index contributed by atoms with van der Waals surface area (Å²) < 4.78 is 5.10. The molecule has 3 nitrogen and oxygen atoms in total. The van der Waals surface area contributed by atoms with Crippen molar-refractivity contribution in [1.29, 1.82) is 0 Å². The van der Waals surface area contributed by atoms with Gasteiger partial charge in [0, 0.05) is 29.9 Å². The van der Waals surface area contributed by atoms with E-state index >= 15 is 0 Å². The number of ether oxygens (including phenoxy) is 1. The van der Waals surface area contributed by atoms with Crippen molar-refractivity contribution < 1.29 is 9.53 Å². The second-order valence-electron chi connectivity index (χ2n) is 4.15. The summed E-state index contributed by atoms with van der Waals surface area (Å²) in [6, 6.07) is 1.98. The van der Waals surface area contributed by atoms with E-state index in [4.69, 9.17) is 16.3 Å². The summed E-state index contributed by atoms with van der Waals surface area (Å²) in [7, 11) is 1.61. The summed E-state index contributed by atoms with van der Waals surface area (Å²) in [6.45, 7) is 0.816. The largest absolute Gasteiger partial charge is 0.496 e. The third-order valence-electron chi connectivity index (χ3n) is 3.09. The van der Waals surface area contributed by atoms with Gasteiger partial charge in [0.15, 0.2) is 0 Å². The molecule has 0 bridgehead atoms. The third kappa shape index (κ3) is 2.75. The number of amides is 1. The zero-order chi connectivity index (χ0) is 12.3. The first-order valence-electron chi connectivity index (χ1n) is 5.75. The summed E-state index contributed by atoms with van der Waals surface area (Å²) in [5.74, 6) is 1.36. The Bertz CT molecular complexity index is 394. The molecule has 1 fully saturated rings. The highest BCUT2D eigenvalue weighted by Gasteiger charge is 2.27. The highest BCUT2D eigenvalue weighted by Crippen LogP contribution is 2.26. The lowest BCUT2D eigenvalue weighted by Crippen LogP contribution is -2.44. The second kappa shape index (κ2) is 5.74. The highest BCUT2D eigenvalue weighted by atomic mass is 35.5. The summed E-state index contributed by atoms with van der Waals surface area (Å²) in [5, 5.41) is 1.85. The van der Waals surface area contributed by atoms with Crippen LogP contribution in [0.15, 0.2) is 11.4 Å². The first-order valence-corrected chi connectivity index (χ1v) is 7.17. The van der Waals surface area contributed by atoms with Gasteiger partial charge in [-0.25, -0.2) is 0 Å². The van der Waals surface area contributed by atoms with Crippen LogP contribution in [0.3, 0.4) is 0 Å². The average Bonchev–Trinajstić information content (AvgIpc) is 2.86. The number of rotatable bonds is 3. The Morgan fingerprint density at radius 1 is 1.65 bits per heavy atom. The summed E-state index contributed by atoms with van der Waals surface area (Å²) >= 11 is 7.35. The number of carbonyl (C=O) groups is 1. The normalized spacial score (nSPS) is 20.4. The molecule has 2 rings (SSSR count). The van der Waals surface area contributed by atoms with Gasteiger partial charge in [0.1, 0.15) is 5.75 Å². The van der Waals surface area contributed by atoms with Crippen molar-refractivity contribution in [1.82, 2.24) is 4.90 Å². The van der Waals surface area contributed by atoms with Crippen LogP contribution < -0.4 is 4.74 Å². The molecule has 1 aliphatic rings. The number of alkyl halides is 1. The lowest BCUT2D eigenvalue weighted by Gasteiger charge is -2.34. The number of likely N-dealkylation sites (tertiary alicyclic amines) is 1. The fourth-order valence-electron chi connectivity index (χ4n) is 2.11. The molecule has 1 aromatic heterocycles. The molecule has 1 saturated heterocycles. The molecule has 1 atom stereocenters. The lowest BCUT2D eigenvalue weighted by atomic mass is 10.0. The van der Waals surface area contributed by atoms with E-state index in [1.807, 2.05) is 10.3 Å². The maximum atomic E-state index is 12.3. The Labute approximate surface area is 110 Å². The number of halogens is 1. The van der Waals surface area contributed by atoms with E-state index < -0.39 is 0 Å². The van der Waals surface area contributed by atoms with Crippen molar-refractivity contribution in [3.63, 3.8) is 0 Å². The fraction of sp³-hybridized carbons (Fsp3) is 0.583. The summed E-state index contributed by atoms with van der Waals surface area (Å²) in [5.41, 5.74) is 0. The van der Waals surface area contributed by atoms with Crippen molar-refractivity contribution in [2.75, 3.05) is 19.5 Å². The molecule has 94 valence electrons. The SMILES string of the molecule is COc1csc(C(=O)N2CCCCC2CCl)c1. The number of methoxy groups -OCH3 is 1. The molecule has 1 unspecified atom stereocenters. The smallest absolute Gasteiger partial charge is 0.264 e. The van der Waals surface area contributed by atoms with Gasteiger partial charge in [-0.2, -0.15) is 0 Å². The molecule has 0 aromatic carbocycles. The van der Waals surface area contributed by atoms with Gasteiger partial charge < -0.3 is 9.64 Å². The number of thiophene rings is 1. The minimum absolute atomic E-state index is 0.0867. The van der Waals surface area contributed by atoms with Gasteiger partial charge in [-0.3, -0.25) is 4.79 Å². The molecule has 2 heterocycles. The molecule has 1 amide bonds. The van der Waals surface area contributed by atoms with Crippen molar-refractivity contribution in [3.05, 3.63) is 16.3 Å². The molecule has 0 N–H and O–H groups in total. The number of hydrogen-bond donors (Lipinski definition) is 0. The Morgan fingerprint density at radius 3 is 3.12 bits per heavy atom. The molecule has 1 aliphatic heterocycles. The van der Waals surface area contributed by atoms with Crippen LogP contribution >= 0.6 is 22.9 Å². The fourth-order valence-corrected chi connectivity index (χ4v) is 3.24. The Kier molecular flexibility index (Phi) is 4.29. The van der Waals surface area contributed by atoms with Crippen LogP contribution in [-0.2, 0) is 0 Å². The minimum Gasteiger partial charge on any atom is -0.496 e. The van der Waals surface area contributed by atoms with Gasteiger partial charge in [0.2, 0.25) is 0 Å². The van der Waals surface area contributed by atoms with Crippen LogP contribution in [0.5, 0.6) is 5.75 Å². The first kappa shape index (κ1) is 12.7. The van der Waals surface area contributed by atoms with E-state index in [1.165, 1.54) is 11.3 Å². The van der Waals surface area contributed by atoms with Gasteiger partial charge >= 0.3 is 0 Å². The van der Waals surface area contributed by atoms with E-state index in [-0.39, 0.29) is 11.9 Å². The first-order chi connectivity index (χ1) is 8.26. The standard InChI is InChI=1S/C12H16ClNO2S/c1-16-10-6-11(17-8-10)12(15)14-5-3-2-4-9(14)7-13/h6,8-9H,2-5,7H2,1H3. The van der Waals surface area contributed by atoms with Crippen molar-refractivity contribution in [2.24, 2.45) is 0 Å². The van der Waals surface area contributed by atoms with E-state index in [9.17, 15) is 4.79 Å². The molecule has 1 aromatic rings. The summed E-state index contributed by atoms with van der Waals surface area (Å²) in [6.07, 6.45) is 3.24. The monoisotopic (exact) mass is 273 g/mol. The zero-order valence-electron chi connectivity index (χ0n) is 9.82. The van der Waals surface area contributed by atoms with Crippen LogP contribution in [-0.4, -0.2) is 36.4 Å². The molecule has 0 radical (unpaired) electrons. The zero-order valence-corrected chi connectivity index (χ0v) is 11.4. The van der Waals surface area contributed by atoms with E-state index in [1.54, 1.807) is 13.2 Å². The van der Waals surface area contributed by atoms with Gasteiger partial charge in [0.05, 0.1) is 12.0 Å². The minimum atomic E-state index is 0.0867. The van der Waals surface area contributed by atoms with Crippen LogP contribution in [0.2, 0.25) is 0 Å². The molecule has 5 heteroatoms. The van der Waals surface area contributed by atoms with Gasteiger partial charge in [0.25, 0.3) is 5.91 Å². The van der Waals surface area contributed by atoms with E-state index in [0.717, 1.165) is 36.4 Å². The predicted octanol–water partition coefficient (Wildman–Crippen LogP) is 2.99. The topological polar surface area (TPSA) is 29.5 Å². The van der Waals surface area contributed by atoms with Crippen molar-refractivity contribution in [2.45, 2.75) is 25.3 Å². The molecule has 17 heavy (non-hydrogen) atoms. The molecule has 0 saturated carbocycles. The van der Waals surface area contributed by atoms with Crippen molar-refractivity contribution in [3.8, 4) is 5.75 Å². The van der Waals surface area contributed by atoms with Crippen LogP contribution in [0.1, 0.15) is 28.9 Å². The third-order valence-corrected chi connectivity index (χ3v) is 4.34. The van der Waals surface area contributed by atoms with Crippen LogP contribution in [0.25, 0.3) is 0 Å². The Balaban J connectivity index is 2.12. The number of carbonyl (C=O) groups excluding carboxylic acids is 1. The molecular weight excluding hydrogens is 258 g/mol. The van der Waals surface area contributed by atoms with Crippen LogP contribution in [0, 0.1) is 0 Å². The molecule has 0 spiro atoms. The highest BCUT2D eigenvalue weighted by molar-refractivity contribution is 7.12.